The Morgan fingerprint density at radius 1 is 1.35 bits per heavy atom. The summed E-state index contributed by atoms with van der Waals surface area (Å²) < 4.78 is 33.9. The molecule has 20 heavy (non-hydrogen) atoms. The molecule has 0 atom stereocenters. The first-order valence-electron chi connectivity index (χ1n) is 5.81. The van der Waals surface area contributed by atoms with Crippen molar-refractivity contribution in [2.75, 3.05) is 11.9 Å². The molecule has 1 rings (SSSR count). The number of ether oxygens (including phenoxy) is 2. The zero-order chi connectivity index (χ0) is 15.1. The fourth-order valence-corrected chi connectivity index (χ4v) is 1.80. The molecule has 0 N–H and O–H groups in total. The molecule has 0 aromatic heterocycles. The maximum atomic E-state index is 12.4. The van der Waals surface area contributed by atoms with Crippen LogP contribution in [-0.4, -0.2) is 30.3 Å². The predicted molar refractivity (Wildman–Crippen MR) is 71.5 cm³/mol. The molecule has 0 bridgehead atoms. The summed E-state index contributed by atoms with van der Waals surface area (Å²) in [7, 11) is 0. The van der Waals surface area contributed by atoms with Crippen LogP contribution in [0.2, 0.25) is 0 Å². The fourth-order valence-electron chi connectivity index (χ4n) is 1.60. The molecule has 0 unspecified atom stereocenters. The van der Waals surface area contributed by atoms with Crippen molar-refractivity contribution in [2.24, 2.45) is 0 Å². The number of alkyl halides is 3. The topological polar surface area (TPSA) is 52.6 Å². The fraction of sp³-hybridized carbons (Fsp3) is 0.385. The molecule has 4 nitrogen and oxygen atoms in total. The second kappa shape index (κ2) is 7.94. The van der Waals surface area contributed by atoms with Crippen molar-refractivity contribution in [2.45, 2.75) is 20.0 Å². The Morgan fingerprint density at radius 2 is 2.05 bits per heavy atom. The highest BCUT2D eigenvalue weighted by Crippen LogP contribution is 2.26. The van der Waals surface area contributed by atoms with Crippen LogP contribution in [0.4, 0.5) is 8.78 Å². The van der Waals surface area contributed by atoms with Gasteiger partial charge in [0, 0.05) is 12.0 Å². The van der Waals surface area contributed by atoms with E-state index in [1.54, 1.807) is 6.92 Å². The lowest BCUT2D eigenvalue weighted by atomic mass is 10.0. The van der Waals surface area contributed by atoms with Crippen molar-refractivity contribution >= 4 is 27.7 Å². The smallest absolute Gasteiger partial charge is 0.387 e. The van der Waals surface area contributed by atoms with E-state index in [1.165, 1.54) is 18.2 Å². The first-order chi connectivity index (χ1) is 9.49. The van der Waals surface area contributed by atoms with Crippen molar-refractivity contribution in [1.82, 2.24) is 0 Å². The Morgan fingerprint density at radius 3 is 2.60 bits per heavy atom. The number of rotatable bonds is 7. The minimum atomic E-state index is -3.04. The van der Waals surface area contributed by atoms with Crippen molar-refractivity contribution < 1.29 is 27.8 Å². The van der Waals surface area contributed by atoms with Gasteiger partial charge in [-0.05, 0) is 19.1 Å². The van der Waals surface area contributed by atoms with Crippen LogP contribution in [0.5, 0.6) is 5.75 Å². The quantitative estimate of drug-likeness (QED) is 0.560. The van der Waals surface area contributed by atoms with Gasteiger partial charge in [-0.15, -0.1) is 0 Å². The molecule has 1 aromatic carbocycles. The molecule has 0 fully saturated rings. The number of hydrogen-bond acceptors (Lipinski definition) is 4. The highest BCUT2D eigenvalue weighted by Gasteiger charge is 2.20. The first-order valence-corrected chi connectivity index (χ1v) is 6.93. The molecule has 0 aliphatic heterocycles. The Balaban J connectivity index is 3.20. The van der Waals surface area contributed by atoms with Crippen molar-refractivity contribution in [3.05, 3.63) is 29.3 Å². The lowest BCUT2D eigenvalue weighted by Gasteiger charge is -2.13. The SMILES string of the molecule is CCOC(=O)c1cccc(OC(F)F)c1CC(=O)CBr. The maximum Gasteiger partial charge on any atom is 0.387 e. The number of esters is 1. The minimum Gasteiger partial charge on any atom is -0.462 e. The molecule has 1 aromatic rings. The van der Waals surface area contributed by atoms with E-state index in [1.807, 2.05) is 0 Å². The van der Waals surface area contributed by atoms with Gasteiger partial charge in [-0.25, -0.2) is 4.79 Å². The summed E-state index contributed by atoms with van der Waals surface area (Å²) in [6, 6.07) is 4.09. The molecule has 0 saturated heterocycles. The number of benzene rings is 1. The van der Waals surface area contributed by atoms with Gasteiger partial charge in [0.05, 0.1) is 17.5 Å². The molecule has 7 heteroatoms. The van der Waals surface area contributed by atoms with E-state index in [0.29, 0.717) is 0 Å². The summed E-state index contributed by atoms with van der Waals surface area (Å²) in [5.41, 5.74) is 0.162. The van der Waals surface area contributed by atoms with E-state index in [9.17, 15) is 18.4 Å². The Labute approximate surface area is 123 Å². The van der Waals surface area contributed by atoms with Gasteiger partial charge in [0.25, 0.3) is 0 Å². The summed E-state index contributed by atoms with van der Waals surface area (Å²) >= 11 is 2.99. The van der Waals surface area contributed by atoms with Crippen LogP contribution >= 0.6 is 15.9 Å². The van der Waals surface area contributed by atoms with Gasteiger partial charge < -0.3 is 9.47 Å². The van der Waals surface area contributed by atoms with Crippen LogP contribution in [-0.2, 0) is 16.0 Å². The summed E-state index contributed by atoms with van der Waals surface area (Å²) in [6.45, 7) is -1.27. The zero-order valence-corrected chi connectivity index (χ0v) is 12.3. The highest BCUT2D eigenvalue weighted by atomic mass is 79.9. The van der Waals surface area contributed by atoms with Gasteiger partial charge in [-0.1, -0.05) is 22.0 Å². The molecule has 110 valence electrons. The third-order valence-electron chi connectivity index (χ3n) is 2.37. The second-order valence-corrected chi connectivity index (χ2v) is 4.29. The van der Waals surface area contributed by atoms with Crippen molar-refractivity contribution in [3.63, 3.8) is 0 Å². The van der Waals surface area contributed by atoms with E-state index >= 15 is 0 Å². The van der Waals surface area contributed by atoms with Crippen LogP contribution in [0.25, 0.3) is 0 Å². The third-order valence-corrected chi connectivity index (χ3v) is 2.99. The molecular formula is C13H13BrF2O4. The largest absolute Gasteiger partial charge is 0.462 e. The number of halogens is 3. The summed E-state index contributed by atoms with van der Waals surface area (Å²) in [4.78, 5) is 23.3. The van der Waals surface area contributed by atoms with E-state index in [2.05, 4.69) is 20.7 Å². The van der Waals surface area contributed by atoms with Crippen LogP contribution in [0.15, 0.2) is 18.2 Å². The summed E-state index contributed by atoms with van der Waals surface area (Å²) in [5.74, 6) is -1.13. The lowest BCUT2D eigenvalue weighted by molar-refractivity contribution is -0.116. The molecule has 0 aliphatic rings. The maximum absolute atomic E-state index is 12.4. The normalized spacial score (nSPS) is 10.4. The predicted octanol–water partition coefficient (Wildman–Crippen LogP) is 2.97. The lowest BCUT2D eigenvalue weighted by Crippen LogP contribution is -2.15. The summed E-state index contributed by atoms with van der Waals surface area (Å²) in [6.07, 6.45) is -0.192. The number of Topliss-reactive ketones (excluding diaryl/α,β-unsaturated/α-hetero) is 1. The average molecular weight is 351 g/mol. The van der Waals surface area contributed by atoms with Crippen LogP contribution in [0.3, 0.4) is 0 Å². The third kappa shape index (κ3) is 4.56. The number of carbonyl (C=O) groups excluding carboxylic acids is 2. The molecule has 0 heterocycles. The monoisotopic (exact) mass is 350 g/mol. The van der Waals surface area contributed by atoms with Gasteiger partial charge in [0.15, 0.2) is 0 Å². The van der Waals surface area contributed by atoms with E-state index < -0.39 is 12.6 Å². The van der Waals surface area contributed by atoms with E-state index in [4.69, 9.17) is 4.74 Å². The highest BCUT2D eigenvalue weighted by molar-refractivity contribution is 9.09. The second-order valence-electron chi connectivity index (χ2n) is 3.73. The van der Waals surface area contributed by atoms with Crippen LogP contribution in [0, 0.1) is 0 Å². The number of ketones is 1. The minimum absolute atomic E-state index is 0.0538. The van der Waals surface area contributed by atoms with Gasteiger partial charge in [-0.3, -0.25) is 4.79 Å². The number of carbonyl (C=O) groups is 2. The van der Waals surface area contributed by atoms with Gasteiger partial charge in [-0.2, -0.15) is 8.78 Å². The standard InChI is InChI=1S/C13H13BrF2O4/c1-2-19-12(18)9-4-3-5-11(20-13(15)16)10(9)6-8(17)7-14/h3-5,13H,2,6-7H2,1H3. The Kier molecular flexibility index (Phi) is 6.57. The number of hydrogen-bond donors (Lipinski definition) is 0. The van der Waals surface area contributed by atoms with Gasteiger partial charge in [0.2, 0.25) is 0 Å². The Hall–Kier alpha value is -1.50. The first kappa shape index (κ1) is 16.6. The summed E-state index contributed by atoms with van der Waals surface area (Å²) in [5, 5.41) is 0.0538. The van der Waals surface area contributed by atoms with E-state index in [-0.39, 0.29) is 41.0 Å². The average Bonchev–Trinajstić information content (AvgIpc) is 2.40. The van der Waals surface area contributed by atoms with Crippen LogP contribution < -0.4 is 4.74 Å². The molecule has 0 radical (unpaired) electrons. The molecule has 0 saturated carbocycles. The molecule has 0 amide bonds. The zero-order valence-electron chi connectivity index (χ0n) is 10.7. The van der Waals surface area contributed by atoms with Gasteiger partial charge >= 0.3 is 12.6 Å². The molecule has 0 spiro atoms. The Bertz CT molecular complexity index is 491. The van der Waals surface area contributed by atoms with Crippen LogP contribution in [0.1, 0.15) is 22.8 Å². The molecule has 0 aliphatic carbocycles. The van der Waals surface area contributed by atoms with Gasteiger partial charge in [0.1, 0.15) is 11.5 Å². The van der Waals surface area contributed by atoms with Crippen molar-refractivity contribution in [1.29, 1.82) is 0 Å². The van der Waals surface area contributed by atoms with E-state index in [0.717, 1.165) is 0 Å². The van der Waals surface area contributed by atoms with Crippen molar-refractivity contribution in [3.8, 4) is 5.75 Å². The molecular weight excluding hydrogens is 338 g/mol.